The lowest BCUT2D eigenvalue weighted by Crippen LogP contribution is -2.03. The highest BCUT2D eigenvalue weighted by Crippen LogP contribution is 2.25. The van der Waals surface area contributed by atoms with E-state index in [0.717, 1.165) is 0 Å². The Labute approximate surface area is 123 Å². The number of pyridine rings is 2. The Hall–Kier alpha value is -2.67. The van der Waals surface area contributed by atoms with Gasteiger partial charge in [0.25, 0.3) is 0 Å². The van der Waals surface area contributed by atoms with Crippen molar-refractivity contribution in [2.75, 3.05) is 7.11 Å². The van der Waals surface area contributed by atoms with Crippen molar-refractivity contribution >= 4 is 23.2 Å². The van der Waals surface area contributed by atoms with Gasteiger partial charge in [-0.3, -0.25) is 9.38 Å². The van der Waals surface area contributed by atoms with Crippen molar-refractivity contribution < 1.29 is 14.6 Å². The summed E-state index contributed by atoms with van der Waals surface area (Å²) < 4.78 is 6.22. The first-order valence-electron chi connectivity index (χ1n) is 5.87. The van der Waals surface area contributed by atoms with Crippen LogP contribution in [0, 0.1) is 0 Å². The van der Waals surface area contributed by atoms with Crippen molar-refractivity contribution in [2.45, 2.75) is 0 Å². The summed E-state index contributed by atoms with van der Waals surface area (Å²) in [6.45, 7) is 0. The number of ether oxygens (including phenoxy) is 1. The van der Waals surface area contributed by atoms with Gasteiger partial charge in [-0.15, -0.1) is 10.2 Å². The summed E-state index contributed by atoms with van der Waals surface area (Å²) in [4.78, 5) is 15.5. The second-order valence-corrected chi connectivity index (χ2v) is 4.62. The van der Waals surface area contributed by atoms with Gasteiger partial charge in [0, 0.05) is 18.0 Å². The lowest BCUT2D eigenvalue weighted by Gasteiger charge is -2.04. The fourth-order valence-corrected chi connectivity index (χ4v) is 2.18. The summed E-state index contributed by atoms with van der Waals surface area (Å²) >= 11 is 6.10. The van der Waals surface area contributed by atoms with Crippen LogP contribution in [0.5, 0.6) is 5.75 Å². The van der Waals surface area contributed by atoms with Crippen molar-refractivity contribution in [3.05, 3.63) is 41.3 Å². The number of aromatic nitrogens is 4. The number of fused-ring (bicyclic) bond motifs is 1. The van der Waals surface area contributed by atoms with E-state index in [1.165, 1.54) is 37.8 Å². The molecule has 0 fully saturated rings. The van der Waals surface area contributed by atoms with E-state index >= 15 is 0 Å². The summed E-state index contributed by atoms with van der Waals surface area (Å²) in [5.41, 5.74) is 1.20. The van der Waals surface area contributed by atoms with E-state index < -0.39 is 5.97 Å². The molecule has 1 N–H and O–H groups in total. The standard InChI is InChI=1S/C13H9ClN4O3/c1-21-13(20)8-3-10(14)12-17-16-11(18(12)6-8)7-2-9(19)5-15-4-7/h2-6,19H,1H3. The third-order valence-corrected chi connectivity index (χ3v) is 3.14. The van der Waals surface area contributed by atoms with Gasteiger partial charge in [-0.1, -0.05) is 11.6 Å². The zero-order valence-electron chi connectivity index (χ0n) is 10.8. The molecule has 0 unspecified atom stereocenters. The fraction of sp³-hybridized carbons (Fsp3) is 0.0769. The fourth-order valence-electron chi connectivity index (χ4n) is 1.93. The maximum atomic E-state index is 11.6. The molecule has 0 spiro atoms. The summed E-state index contributed by atoms with van der Waals surface area (Å²) in [7, 11) is 1.28. The minimum absolute atomic E-state index is 0.000491. The molecule has 0 radical (unpaired) electrons. The number of halogens is 1. The largest absolute Gasteiger partial charge is 0.506 e. The van der Waals surface area contributed by atoms with Gasteiger partial charge in [-0.05, 0) is 12.1 Å². The first-order valence-corrected chi connectivity index (χ1v) is 6.25. The van der Waals surface area contributed by atoms with Crippen molar-refractivity contribution in [1.29, 1.82) is 0 Å². The third-order valence-electron chi connectivity index (χ3n) is 2.86. The number of hydrogen-bond donors (Lipinski definition) is 1. The average Bonchev–Trinajstić information content (AvgIpc) is 2.90. The van der Waals surface area contributed by atoms with Gasteiger partial charge in [-0.25, -0.2) is 4.79 Å². The SMILES string of the molecule is COC(=O)c1cc(Cl)c2nnc(-c3cncc(O)c3)n2c1. The third kappa shape index (κ3) is 2.27. The number of hydrogen-bond acceptors (Lipinski definition) is 6. The molecule has 8 heteroatoms. The Kier molecular flexibility index (Phi) is 3.19. The lowest BCUT2D eigenvalue weighted by atomic mass is 10.2. The topological polar surface area (TPSA) is 89.6 Å². The molecule has 0 saturated heterocycles. The zero-order valence-corrected chi connectivity index (χ0v) is 11.6. The summed E-state index contributed by atoms with van der Waals surface area (Å²) in [5, 5.41) is 17.8. The molecule has 0 aromatic carbocycles. The molecule has 0 aliphatic carbocycles. The number of rotatable bonds is 2. The molecule has 106 valence electrons. The number of carbonyl (C=O) groups excluding carboxylic acids is 1. The van der Waals surface area contributed by atoms with Gasteiger partial charge in [0.05, 0.1) is 23.9 Å². The van der Waals surface area contributed by atoms with Crippen molar-refractivity contribution in [2.24, 2.45) is 0 Å². The van der Waals surface area contributed by atoms with Crippen molar-refractivity contribution in [1.82, 2.24) is 19.6 Å². The minimum Gasteiger partial charge on any atom is -0.506 e. The van der Waals surface area contributed by atoms with E-state index in [0.29, 0.717) is 17.0 Å². The summed E-state index contributed by atoms with van der Waals surface area (Å²) in [6, 6.07) is 2.95. The average molecular weight is 305 g/mol. The monoisotopic (exact) mass is 304 g/mol. The minimum atomic E-state index is -0.521. The van der Waals surface area contributed by atoms with Gasteiger partial charge in [0.2, 0.25) is 0 Å². The highest BCUT2D eigenvalue weighted by molar-refractivity contribution is 6.33. The molecule has 0 saturated carbocycles. The Morgan fingerprint density at radius 3 is 2.86 bits per heavy atom. The highest BCUT2D eigenvalue weighted by Gasteiger charge is 2.15. The van der Waals surface area contributed by atoms with Crippen LogP contribution >= 0.6 is 11.6 Å². The number of methoxy groups -OCH3 is 1. The summed E-state index contributed by atoms with van der Waals surface area (Å²) in [6.07, 6.45) is 4.35. The quantitative estimate of drug-likeness (QED) is 0.728. The molecule has 3 heterocycles. The number of aromatic hydroxyl groups is 1. The Morgan fingerprint density at radius 1 is 1.33 bits per heavy atom. The summed E-state index contributed by atoms with van der Waals surface area (Å²) in [5.74, 6) is -0.118. The molecule has 0 aliphatic heterocycles. The van der Waals surface area contributed by atoms with E-state index in [1.54, 1.807) is 4.40 Å². The predicted octanol–water partition coefficient (Wildman–Crippen LogP) is 1.94. The van der Waals surface area contributed by atoms with E-state index in [-0.39, 0.29) is 16.3 Å². The molecule has 3 rings (SSSR count). The van der Waals surface area contributed by atoms with Crippen LogP contribution in [0.15, 0.2) is 30.7 Å². The Balaban J connectivity index is 2.25. The molecule has 0 aliphatic rings. The first kappa shape index (κ1) is 13.3. The van der Waals surface area contributed by atoms with E-state index in [1.807, 2.05) is 0 Å². The van der Waals surface area contributed by atoms with E-state index in [9.17, 15) is 9.90 Å². The van der Waals surface area contributed by atoms with Gasteiger partial charge in [-0.2, -0.15) is 0 Å². The number of nitrogens with zero attached hydrogens (tertiary/aromatic N) is 4. The van der Waals surface area contributed by atoms with Crippen LogP contribution in [-0.2, 0) is 4.74 Å². The van der Waals surface area contributed by atoms with Gasteiger partial charge in [0.1, 0.15) is 5.75 Å². The van der Waals surface area contributed by atoms with Crippen LogP contribution in [0.25, 0.3) is 17.0 Å². The molecular formula is C13H9ClN4O3. The Morgan fingerprint density at radius 2 is 2.14 bits per heavy atom. The van der Waals surface area contributed by atoms with Crippen LogP contribution in [0.2, 0.25) is 5.02 Å². The molecule has 0 bridgehead atoms. The predicted molar refractivity (Wildman–Crippen MR) is 74.2 cm³/mol. The maximum Gasteiger partial charge on any atom is 0.339 e. The molecule has 0 atom stereocenters. The smallest absolute Gasteiger partial charge is 0.339 e. The highest BCUT2D eigenvalue weighted by atomic mass is 35.5. The lowest BCUT2D eigenvalue weighted by molar-refractivity contribution is 0.0600. The second-order valence-electron chi connectivity index (χ2n) is 4.22. The van der Waals surface area contributed by atoms with Gasteiger partial charge in [0.15, 0.2) is 11.5 Å². The number of carbonyl (C=O) groups is 1. The van der Waals surface area contributed by atoms with Crippen LogP contribution in [0.1, 0.15) is 10.4 Å². The zero-order chi connectivity index (χ0) is 15.0. The van der Waals surface area contributed by atoms with Gasteiger partial charge >= 0.3 is 5.97 Å². The molecule has 3 aromatic rings. The molecule has 21 heavy (non-hydrogen) atoms. The van der Waals surface area contributed by atoms with Gasteiger partial charge < -0.3 is 9.84 Å². The molecular weight excluding hydrogens is 296 g/mol. The van der Waals surface area contributed by atoms with Crippen LogP contribution in [0.4, 0.5) is 0 Å². The van der Waals surface area contributed by atoms with Crippen molar-refractivity contribution in [3.8, 4) is 17.1 Å². The maximum absolute atomic E-state index is 11.6. The second kappa shape index (κ2) is 5.02. The van der Waals surface area contributed by atoms with Crippen molar-refractivity contribution in [3.63, 3.8) is 0 Å². The Bertz CT molecular complexity index is 847. The first-order chi connectivity index (χ1) is 10.1. The number of esters is 1. The molecule has 7 nitrogen and oxygen atoms in total. The molecule has 0 amide bonds. The van der Waals surface area contributed by atoms with Crippen LogP contribution in [-0.4, -0.2) is 37.8 Å². The van der Waals surface area contributed by atoms with Crippen LogP contribution in [0.3, 0.4) is 0 Å². The van der Waals surface area contributed by atoms with E-state index in [4.69, 9.17) is 11.6 Å². The van der Waals surface area contributed by atoms with E-state index in [2.05, 4.69) is 19.9 Å². The normalized spacial score (nSPS) is 10.8. The molecule has 3 aromatic heterocycles. The van der Waals surface area contributed by atoms with Crippen LogP contribution < -0.4 is 0 Å².